The van der Waals surface area contributed by atoms with Gasteiger partial charge in [-0.15, -0.1) is 0 Å². The van der Waals surface area contributed by atoms with Gasteiger partial charge in [0.05, 0.1) is 17.8 Å². The molecular weight excluding hydrogens is 176 g/mol. The average Bonchev–Trinajstić information content (AvgIpc) is 2.05. The van der Waals surface area contributed by atoms with E-state index in [-0.39, 0.29) is 0 Å². The van der Waals surface area contributed by atoms with Crippen LogP contribution in [-0.4, -0.2) is 12.1 Å². The van der Waals surface area contributed by atoms with Crippen LogP contribution in [0.2, 0.25) is 5.02 Å². The maximum absolute atomic E-state index is 5.86. The fraction of sp³-hybridized carbons (Fsp3) is 0.375. The van der Waals surface area contributed by atoms with Crippen molar-refractivity contribution in [3.05, 3.63) is 22.3 Å². The molecule has 1 aromatic rings. The Morgan fingerprint density at radius 3 is 2.83 bits per heavy atom. The number of hydrogen-bond donors (Lipinski definition) is 1. The van der Waals surface area contributed by atoms with Gasteiger partial charge in [-0.05, 0) is 13.0 Å². The molecule has 0 saturated carbocycles. The fourth-order valence-corrected chi connectivity index (χ4v) is 1.23. The normalized spacial score (nSPS) is 10.0. The first-order valence-electron chi connectivity index (χ1n) is 3.59. The minimum absolute atomic E-state index is 0.329. The molecule has 0 unspecified atom stereocenters. The quantitative estimate of drug-likeness (QED) is 0.762. The molecule has 0 atom stereocenters. The van der Waals surface area contributed by atoms with Crippen LogP contribution in [-0.2, 0) is 6.54 Å². The second kappa shape index (κ2) is 3.74. The van der Waals surface area contributed by atoms with E-state index >= 15 is 0 Å². The summed E-state index contributed by atoms with van der Waals surface area (Å²) in [5.74, 6) is 0.583. The van der Waals surface area contributed by atoms with Crippen molar-refractivity contribution in [2.45, 2.75) is 13.5 Å². The molecule has 0 fully saturated rings. The summed E-state index contributed by atoms with van der Waals surface area (Å²) < 4.78 is 5.02. The van der Waals surface area contributed by atoms with Crippen molar-refractivity contribution in [2.75, 3.05) is 7.11 Å². The Bertz CT molecular complexity index is 263. The number of ether oxygens (including phenoxy) is 1. The lowest BCUT2D eigenvalue weighted by atomic mass is 10.2. The number of nitrogens with zero attached hydrogens (tertiary/aromatic N) is 1. The van der Waals surface area contributed by atoms with E-state index in [1.807, 2.05) is 6.92 Å². The lowest BCUT2D eigenvalue weighted by molar-refractivity contribution is 0.393. The monoisotopic (exact) mass is 186 g/mol. The van der Waals surface area contributed by atoms with Gasteiger partial charge in [0.1, 0.15) is 0 Å². The molecule has 0 saturated heterocycles. The van der Waals surface area contributed by atoms with E-state index in [0.29, 0.717) is 23.1 Å². The Morgan fingerprint density at radius 1 is 1.67 bits per heavy atom. The van der Waals surface area contributed by atoms with Gasteiger partial charge in [-0.25, -0.2) is 4.98 Å². The second-order valence-electron chi connectivity index (χ2n) is 2.45. The molecule has 1 heterocycles. The number of halogens is 1. The highest BCUT2D eigenvalue weighted by molar-refractivity contribution is 6.31. The molecule has 1 aromatic heterocycles. The summed E-state index contributed by atoms with van der Waals surface area (Å²) in [6, 6.07) is 1.80. The van der Waals surface area contributed by atoms with Gasteiger partial charge in [0.2, 0.25) is 5.88 Å². The average molecular weight is 187 g/mol. The first-order chi connectivity index (χ1) is 5.69. The lowest BCUT2D eigenvalue weighted by Crippen LogP contribution is -2.03. The predicted octanol–water partition coefficient (Wildman–Crippen LogP) is 1.51. The zero-order chi connectivity index (χ0) is 9.14. The Labute approximate surface area is 76.5 Å². The summed E-state index contributed by atoms with van der Waals surface area (Å²) in [6.07, 6.45) is 0. The van der Waals surface area contributed by atoms with Gasteiger partial charge in [-0.3, -0.25) is 0 Å². The SMILES string of the molecule is COc1nc(CN)c(Cl)cc1C. The number of hydrogen-bond acceptors (Lipinski definition) is 3. The lowest BCUT2D eigenvalue weighted by Gasteiger charge is -2.06. The van der Waals surface area contributed by atoms with Crippen LogP contribution in [0.5, 0.6) is 5.88 Å². The standard InChI is InChI=1S/C8H11ClN2O/c1-5-3-6(9)7(4-10)11-8(5)12-2/h3H,4,10H2,1-2H3. The molecule has 0 aromatic carbocycles. The van der Waals surface area contributed by atoms with Crippen molar-refractivity contribution >= 4 is 11.6 Å². The molecule has 66 valence electrons. The number of aromatic nitrogens is 1. The van der Waals surface area contributed by atoms with Gasteiger partial charge in [0.25, 0.3) is 0 Å². The maximum Gasteiger partial charge on any atom is 0.216 e. The summed E-state index contributed by atoms with van der Waals surface area (Å²) in [5.41, 5.74) is 7.00. The van der Waals surface area contributed by atoms with Gasteiger partial charge in [-0.2, -0.15) is 0 Å². The van der Waals surface area contributed by atoms with Gasteiger partial charge in [0, 0.05) is 12.1 Å². The Morgan fingerprint density at radius 2 is 2.33 bits per heavy atom. The molecule has 0 aliphatic heterocycles. The van der Waals surface area contributed by atoms with Crippen LogP contribution in [0.3, 0.4) is 0 Å². The van der Waals surface area contributed by atoms with Crippen molar-refractivity contribution in [1.82, 2.24) is 4.98 Å². The Hall–Kier alpha value is -0.800. The van der Waals surface area contributed by atoms with Crippen LogP contribution in [0, 0.1) is 6.92 Å². The zero-order valence-corrected chi connectivity index (χ0v) is 7.85. The molecule has 0 radical (unpaired) electrons. The molecule has 0 amide bonds. The molecule has 2 N–H and O–H groups in total. The van der Waals surface area contributed by atoms with Crippen LogP contribution in [0.15, 0.2) is 6.07 Å². The van der Waals surface area contributed by atoms with E-state index in [2.05, 4.69) is 4.98 Å². The molecule has 12 heavy (non-hydrogen) atoms. The fourth-order valence-electron chi connectivity index (χ4n) is 0.949. The number of methoxy groups -OCH3 is 1. The third-order valence-electron chi connectivity index (χ3n) is 1.58. The van der Waals surface area contributed by atoms with Crippen molar-refractivity contribution in [2.24, 2.45) is 5.73 Å². The summed E-state index contributed by atoms with van der Waals surface area (Å²) >= 11 is 5.86. The van der Waals surface area contributed by atoms with Crippen LogP contribution in [0.1, 0.15) is 11.3 Å². The predicted molar refractivity (Wildman–Crippen MR) is 48.4 cm³/mol. The third kappa shape index (κ3) is 1.68. The highest BCUT2D eigenvalue weighted by Crippen LogP contribution is 2.21. The van der Waals surface area contributed by atoms with Crippen molar-refractivity contribution in [1.29, 1.82) is 0 Å². The molecule has 3 nitrogen and oxygen atoms in total. The third-order valence-corrected chi connectivity index (χ3v) is 1.91. The Kier molecular flexibility index (Phi) is 2.89. The van der Waals surface area contributed by atoms with E-state index in [9.17, 15) is 0 Å². The van der Waals surface area contributed by atoms with E-state index in [1.165, 1.54) is 0 Å². The van der Waals surface area contributed by atoms with E-state index in [4.69, 9.17) is 22.1 Å². The number of aryl methyl sites for hydroxylation is 1. The van der Waals surface area contributed by atoms with Crippen molar-refractivity contribution < 1.29 is 4.74 Å². The molecule has 0 spiro atoms. The summed E-state index contributed by atoms with van der Waals surface area (Å²) in [6.45, 7) is 2.22. The number of pyridine rings is 1. The van der Waals surface area contributed by atoms with Gasteiger partial charge < -0.3 is 10.5 Å². The summed E-state index contributed by atoms with van der Waals surface area (Å²) in [4.78, 5) is 4.13. The van der Waals surface area contributed by atoms with Crippen LogP contribution in [0.4, 0.5) is 0 Å². The summed E-state index contributed by atoms with van der Waals surface area (Å²) in [5, 5.41) is 0.593. The van der Waals surface area contributed by atoms with Crippen LogP contribution in [0.25, 0.3) is 0 Å². The maximum atomic E-state index is 5.86. The topological polar surface area (TPSA) is 48.1 Å². The highest BCUT2D eigenvalue weighted by atomic mass is 35.5. The number of rotatable bonds is 2. The van der Waals surface area contributed by atoms with Gasteiger partial charge in [-0.1, -0.05) is 11.6 Å². The first kappa shape index (κ1) is 9.29. The molecule has 0 aliphatic rings. The molecule has 0 aliphatic carbocycles. The smallest absolute Gasteiger partial charge is 0.216 e. The highest BCUT2D eigenvalue weighted by Gasteiger charge is 2.05. The van der Waals surface area contributed by atoms with Gasteiger partial charge in [0.15, 0.2) is 0 Å². The minimum atomic E-state index is 0.329. The largest absolute Gasteiger partial charge is 0.481 e. The second-order valence-corrected chi connectivity index (χ2v) is 2.85. The van der Waals surface area contributed by atoms with Crippen molar-refractivity contribution in [3.63, 3.8) is 0 Å². The molecule has 1 rings (SSSR count). The zero-order valence-electron chi connectivity index (χ0n) is 7.10. The van der Waals surface area contributed by atoms with E-state index in [0.717, 1.165) is 5.56 Å². The Balaban J connectivity index is 3.18. The van der Waals surface area contributed by atoms with Gasteiger partial charge >= 0.3 is 0 Å². The molecule has 4 heteroatoms. The minimum Gasteiger partial charge on any atom is -0.481 e. The van der Waals surface area contributed by atoms with Crippen LogP contribution < -0.4 is 10.5 Å². The van der Waals surface area contributed by atoms with E-state index in [1.54, 1.807) is 13.2 Å². The molecule has 0 bridgehead atoms. The molecular formula is C8H11ClN2O. The summed E-state index contributed by atoms with van der Waals surface area (Å²) in [7, 11) is 1.57. The number of nitrogens with two attached hydrogens (primary N) is 1. The first-order valence-corrected chi connectivity index (χ1v) is 3.97. The van der Waals surface area contributed by atoms with Crippen molar-refractivity contribution in [3.8, 4) is 5.88 Å². The van der Waals surface area contributed by atoms with E-state index < -0.39 is 0 Å². The van der Waals surface area contributed by atoms with Crippen LogP contribution >= 0.6 is 11.6 Å².